The van der Waals surface area contributed by atoms with Gasteiger partial charge in [-0.15, -0.1) is 0 Å². The van der Waals surface area contributed by atoms with E-state index in [-0.39, 0.29) is 0 Å². The second-order valence-electron chi connectivity index (χ2n) is 2.28. The van der Waals surface area contributed by atoms with Crippen LogP contribution in [0.5, 0.6) is 0 Å². The zero-order valence-electron chi connectivity index (χ0n) is 5.81. The highest BCUT2D eigenvalue weighted by molar-refractivity contribution is 6.45. The van der Waals surface area contributed by atoms with Crippen LogP contribution in [-0.4, -0.2) is 21.9 Å². The maximum absolute atomic E-state index is 8.68. The molecular formula is C7H6BN2O. The van der Waals surface area contributed by atoms with Crippen molar-refractivity contribution in [2.45, 2.75) is 0 Å². The number of pyridine rings is 1. The summed E-state index contributed by atoms with van der Waals surface area (Å²) in [5, 5.41) is 8.68. The first kappa shape index (κ1) is 6.43. The first-order chi connectivity index (χ1) is 5.40. The van der Waals surface area contributed by atoms with Crippen LogP contribution in [0.25, 0.3) is 5.65 Å². The summed E-state index contributed by atoms with van der Waals surface area (Å²) < 4.78 is 1.85. The Morgan fingerprint density at radius 2 is 2.36 bits per heavy atom. The van der Waals surface area contributed by atoms with Gasteiger partial charge in [-0.1, -0.05) is 6.07 Å². The van der Waals surface area contributed by atoms with E-state index in [0.717, 1.165) is 18.6 Å². The number of hydrogen-bond donors (Lipinski definition) is 1. The highest BCUT2D eigenvalue weighted by Crippen LogP contribution is 1.95. The Hall–Kier alpha value is -1.29. The van der Waals surface area contributed by atoms with Gasteiger partial charge in [0.1, 0.15) is 5.65 Å². The molecule has 0 unspecified atom stereocenters. The van der Waals surface area contributed by atoms with E-state index in [9.17, 15) is 0 Å². The average molecular weight is 145 g/mol. The number of nitrogens with zero attached hydrogens (tertiary/aromatic N) is 2. The Morgan fingerprint density at radius 3 is 3.18 bits per heavy atom. The molecule has 2 aromatic rings. The largest absolute Gasteiger partial charge is 0.450 e. The van der Waals surface area contributed by atoms with Crippen molar-refractivity contribution in [1.82, 2.24) is 9.38 Å². The van der Waals surface area contributed by atoms with Gasteiger partial charge in [0.2, 0.25) is 0 Å². The maximum Gasteiger partial charge on any atom is 0.328 e. The molecule has 1 radical (unpaired) electrons. The fraction of sp³-hybridized carbons (Fsp3) is 0. The molecule has 0 atom stereocenters. The minimum atomic E-state index is 0.774. The van der Waals surface area contributed by atoms with Gasteiger partial charge in [0, 0.05) is 18.6 Å². The lowest BCUT2D eigenvalue weighted by molar-refractivity contribution is 0.615. The molecule has 0 aliphatic carbocycles. The molecule has 2 heterocycles. The molecule has 0 amide bonds. The number of hydrogen-bond acceptors (Lipinski definition) is 2. The molecule has 0 aromatic carbocycles. The van der Waals surface area contributed by atoms with Crippen LogP contribution in [0.15, 0.2) is 30.7 Å². The van der Waals surface area contributed by atoms with Crippen LogP contribution in [0.4, 0.5) is 0 Å². The molecule has 2 rings (SSSR count). The van der Waals surface area contributed by atoms with Crippen molar-refractivity contribution >= 4 is 18.6 Å². The molecule has 0 bridgehead atoms. The van der Waals surface area contributed by atoms with Crippen molar-refractivity contribution in [2.75, 3.05) is 0 Å². The number of aromatic nitrogens is 2. The molecule has 0 saturated heterocycles. The summed E-state index contributed by atoms with van der Waals surface area (Å²) in [6.45, 7) is 0. The highest BCUT2D eigenvalue weighted by Gasteiger charge is 1.95. The predicted octanol–water partition coefficient (Wildman–Crippen LogP) is -0.429. The quantitative estimate of drug-likeness (QED) is 0.553. The first-order valence-electron chi connectivity index (χ1n) is 3.30. The molecule has 11 heavy (non-hydrogen) atoms. The standard InChI is InChI=1S/C7H6BN2O/c11-8-6-1-2-7-9-3-4-10(7)5-6/h1-5,11H. The molecule has 53 valence electrons. The minimum Gasteiger partial charge on any atom is -0.450 e. The van der Waals surface area contributed by atoms with E-state index in [1.54, 1.807) is 6.20 Å². The maximum atomic E-state index is 8.68. The number of imidazole rings is 1. The SMILES string of the molecule is O[B]c1ccc2nccn2c1. The first-order valence-corrected chi connectivity index (χ1v) is 3.30. The van der Waals surface area contributed by atoms with Gasteiger partial charge in [0.15, 0.2) is 0 Å². The van der Waals surface area contributed by atoms with Crippen LogP contribution in [0.3, 0.4) is 0 Å². The van der Waals surface area contributed by atoms with E-state index in [2.05, 4.69) is 4.98 Å². The second kappa shape index (κ2) is 2.40. The predicted molar refractivity (Wildman–Crippen MR) is 42.8 cm³/mol. The Balaban J connectivity index is 2.67. The fourth-order valence-electron chi connectivity index (χ4n) is 1.01. The van der Waals surface area contributed by atoms with Gasteiger partial charge in [-0.2, -0.15) is 0 Å². The Kier molecular flexibility index (Phi) is 1.40. The third-order valence-corrected chi connectivity index (χ3v) is 1.56. The van der Waals surface area contributed by atoms with E-state index >= 15 is 0 Å². The molecule has 0 spiro atoms. The molecule has 1 N–H and O–H groups in total. The lowest BCUT2D eigenvalue weighted by Crippen LogP contribution is -2.14. The summed E-state index contributed by atoms with van der Waals surface area (Å²) in [5.74, 6) is 0. The number of rotatable bonds is 1. The average Bonchev–Trinajstić information content (AvgIpc) is 2.50. The van der Waals surface area contributed by atoms with Gasteiger partial charge >= 0.3 is 7.48 Å². The second-order valence-corrected chi connectivity index (χ2v) is 2.28. The molecule has 2 aromatic heterocycles. The summed E-state index contributed by atoms with van der Waals surface area (Å²) in [5.41, 5.74) is 1.66. The van der Waals surface area contributed by atoms with Gasteiger partial charge in [0.25, 0.3) is 0 Å². The van der Waals surface area contributed by atoms with Crippen molar-refractivity contribution in [2.24, 2.45) is 0 Å². The number of fused-ring (bicyclic) bond motifs is 1. The van der Waals surface area contributed by atoms with Crippen molar-refractivity contribution in [1.29, 1.82) is 0 Å². The topological polar surface area (TPSA) is 37.5 Å². The van der Waals surface area contributed by atoms with Crippen LogP contribution in [0.1, 0.15) is 0 Å². The van der Waals surface area contributed by atoms with Gasteiger partial charge < -0.3 is 9.42 Å². The highest BCUT2D eigenvalue weighted by atomic mass is 16.2. The summed E-state index contributed by atoms with van der Waals surface area (Å²) in [6, 6.07) is 3.66. The molecule has 3 nitrogen and oxygen atoms in total. The fourth-order valence-corrected chi connectivity index (χ4v) is 1.01. The van der Waals surface area contributed by atoms with Crippen LogP contribution in [-0.2, 0) is 0 Å². The monoisotopic (exact) mass is 145 g/mol. The minimum absolute atomic E-state index is 0.774. The van der Waals surface area contributed by atoms with E-state index < -0.39 is 0 Å². The van der Waals surface area contributed by atoms with Gasteiger partial charge in [0.05, 0.1) is 0 Å². The Morgan fingerprint density at radius 1 is 1.45 bits per heavy atom. The normalized spacial score (nSPS) is 10.3. The zero-order chi connectivity index (χ0) is 7.68. The van der Waals surface area contributed by atoms with Crippen molar-refractivity contribution < 1.29 is 5.02 Å². The third kappa shape index (κ3) is 1.01. The molecule has 4 heteroatoms. The van der Waals surface area contributed by atoms with Crippen molar-refractivity contribution in [3.8, 4) is 0 Å². The lowest BCUT2D eigenvalue weighted by Gasteiger charge is -1.95. The van der Waals surface area contributed by atoms with Crippen molar-refractivity contribution in [3.63, 3.8) is 0 Å². The smallest absolute Gasteiger partial charge is 0.328 e. The van der Waals surface area contributed by atoms with Crippen molar-refractivity contribution in [3.05, 3.63) is 30.7 Å². The van der Waals surface area contributed by atoms with Crippen LogP contribution in [0.2, 0.25) is 0 Å². The Bertz CT molecular complexity index is 371. The van der Waals surface area contributed by atoms with E-state index in [1.807, 2.05) is 28.9 Å². The Labute approximate surface area is 64.6 Å². The lowest BCUT2D eigenvalue weighted by atomic mass is 9.91. The van der Waals surface area contributed by atoms with Gasteiger partial charge in [-0.25, -0.2) is 4.98 Å². The summed E-state index contributed by atoms with van der Waals surface area (Å²) in [4.78, 5) is 4.06. The molecular weight excluding hydrogens is 139 g/mol. The molecule has 0 saturated carbocycles. The van der Waals surface area contributed by atoms with Crippen LogP contribution >= 0.6 is 0 Å². The van der Waals surface area contributed by atoms with Crippen LogP contribution < -0.4 is 5.46 Å². The van der Waals surface area contributed by atoms with Gasteiger partial charge in [-0.05, 0) is 11.5 Å². The zero-order valence-corrected chi connectivity index (χ0v) is 5.81. The van der Waals surface area contributed by atoms with Crippen LogP contribution in [0, 0.1) is 0 Å². The molecule has 0 aliphatic rings. The molecule has 0 aliphatic heterocycles. The molecule has 0 fully saturated rings. The van der Waals surface area contributed by atoms with E-state index in [1.165, 1.54) is 0 Å². The van der Waals surface area contributed by atoms with E-state index in [0.29, 0.717) is 0 Å². The van der Waals surface area contributed by atoms with Gasteiger partial charge in [-0.3, -0.25) is 0 Å². The third-order valence-electron chi connectivity index (χ3n) is 1.56. The summed E-state index contributed by atoms with van der Waals surface area (Å²) in [7, 11) is 1.07. The van der Waals surface area contributed by atoms with E-state index in [4.69, 9.17) is 5.02 Å². The summed E-state index contributed by atoms with van der Waals surface area (Å²) in [6.07, 6.45) is 5.36. The summed E-state index contributed by atoms with van der Waals surface area (Å²) >= 11 is 0.